The largest absolute Gasteiger partial charge is 0.328 e. The van der Waals surface area contributed by atoms with Crippen molar-refractivity contribution in [2.24, 2.45) is 0 Å². The number of rotatable bonds is 4. The highest BCUT2D eigenvalue weighted by atomic mass is 35.7. The summed E-state index contributed by atoms with van der Waals surface area (Å²) in [5.41, 5.74) is 0.244. The Kier molecular flexibility index (Phi) is 4.76. The van der Waals surface area contributed by atoms with Crippen LogP contribution in [0.2, 0.25) is 0 Å². The summed E-state index contributed by atoms with van der Waals surface area (Å²) in [7, 11) is 1.38. The minimum absolute atomic E-state index is 0.105. The van der Waals surface area contributed by atoms with Crippen molar-refractivity contribution in [1.29, 1.82) is 0 Å². The topological polar surface area (TPSA) is 54.5 Å². The molecule has 0 aliphatic heterocycles. The van der Waals surface area contributed by atoms with Gasteiger partial charge in [-0.3, -0.25) is 4.79 Å². The van der Waals surface area contributed by atoms with E-state index in [0.717, 1.165) is 0 Å². The van der Waals surface area contributed by atoms with E-state index in [1.165, 1.54) is 29.2 Å². The fourth-order valence-electron chi connectivity index (χ4n) is 1.40. The molecule has 1 aromatic rings. The first-order chi connectivity index (χ1) is 8.40. The van der Waals surface area contributed by atoms with Gasteiger partial charge in [-0.25, -0.2) is 8.42 Å². The maximum Gasteiger partial charge on any atom is 0.261 e. The van der Waals surface area contributed by atoms with E-state index in [1.807, 2.05) is 0 Å². The molecule has 0 bridgehead atoms. The van der Waals surface area contributed by atoms with Crippen LogP contribution < -0.4 is 0 Å². The van der Waals surface area contributed by atoms with Gasteiger partial charge in [-0.05, 0) is 25.1 Å². The van der Waals surface area contributed by atoms with Crippen molar-refractivity contribution in [3.63, 3.8) is 0 Å². The van der Waals surface area contributed by atoms with Crippen molar-refractivity contribution < 1.29 is 13.2 Å². The molecular weight excluding hydrogens is 274 g/mol. The van der Waals surface area contributed by atoms with Crippen molar-refractivity contribution in [3.8, 4) is 12.3 Å². The van der Waals surface area contributed by atoms with Gasteiger partial charge in [-0.2, -0.15) is 0 Å². The lowest BCUT2D eigenvalue weighted by molar-refractivity contribution is 0.0784. The second-order valence-corrected chi connectivity index (χ2v) is 6.06. The van der Waals surface area contributed by atoms with E-state index in [9.17, 15) is 13.2 Å². The Hall–Kier alpha value is -1.51. The smallest absolute Gasteiger partial charge is 0.261 e. The quantitative estimate of drug-likeness (QED) is 0.625. The maximum absolute atomic E-state index is 12.0. The van der Waals surface area contributed by atoms with Crippen LogP contribution in [-0.2, 0) is 9.05 Å². The molecule has 1 amide bonds. The zero-order valence-electron chi connectivity index (χ0n) is 9.76. The van der Waals surface area contributed by atoms with Gasteiger partial charge in [0.05, 0.1) is 11.4 Å². The number of amides is 1. The van der Waals surface area contributed by atoms with Crippen LogP contribution in [0.15, 0.2) is 29.2 Å². The molecule has 0 saturated carbocycles. The summed E-state index contributed by atoms with van der Waals surface area (Å²) >= 11 is 0. The van der Waals surface area contributed by atoms with Crippen LogP contribution in [0.5, 0.6) is 0 Å². The number of nitrogens with zero attached hydrogens (tertiary/aromatic N) is 1. The number of hydrogen-bond acceptors (Lipinski definition) is 3. The summed E-state index contributed by atoms with van der Waals surface area (Å²) in [5, 5.41) is 0. The number of benzene rings is 1. The molecule has 0 aliphatic carbocycles. The summed E-state index contributed by atoms with van der Waals surface area (Å²) < 4.78 is 22.4. The fraction of sp³-hybridized carbons (Fsp3) is 0.250. The molecule has 0 heterocycles. The summed E-state index contributed by atoms with van der Waals surface area (Å²) in [6.45, 7) is 2.41. The Labute approximate surface area is 111 Å². The van der Waals surface area contributed by atoms with Crippen LogP contribution in [0.1, 0.15) is 17.3 Å². The fourth-order valence-corrected chi connectivity index (χ4v) is 2.20. The SMILES string of the molecule is C#CCN(CC)C(=O)c1cccc(S(=O)(=O)Cl)c1. The number of carbonyl (C=O) groups is 1. The van der Waals surface area contributed by atoms with Crippen LogP contribution in [0.25, 0.3) is 0 Å². The minimum Gasteiger partial charge on any atom is -0.328 e. The van der Waals surface area contributed by atoms with Crippen LogP contribution in [-0.4, -0.2) is 32.3 Å². The molecular formula is C12H12ClNO3S. The van der Waals surface area contributed by atoms with E-state index in [2.05, 4.69) is 5.92 Å². The molecule has 0 spiro atoms. The Morgan fingerprint density at radius 1 is 1.50 bits per heavy atom. The molecule has 0 radical (unpaired) electrons. The van der Waals surface area contributed by atoms with Gasteiger partial charge < -0.3 is 4.90 Å². The van der Waals surface area contributed by atoms with E-state index >= 15 is 0 Å². The van der Waals surface area contributed by atoms with Crippen LogP contribution in [0.3, 0.4) is 0 Å². The Morgan fingerprint density at radius 3 is 2.67 bits per heavy atom. The van der Waals surface area contributed by atoms with E-state index < -0.39 is 9.05 Å². The van der Waals surface area contributed by atoms with Gasteiger partial charge in [0.25, 0.3) is 15.0 Å². The Morgan fingerprint density at radius 2 is 2.17 bits per heavy atom. The third-order valence-electron chi connectivity index (χ3n) is 2.31. The third kappa shape index (κ3) is 3.49. The standard InChI is InChI=1S/C12H12ClNO3S/c1-3-8-14(4-2)12(15)10-6-5-7-11(9-10)18(13,16)17/h1,5-7,9H,4,8H2,2H3. The molecule has 18 heavy (non-hydrogen) atoms. The number of carbonyl (C=O) groups excluding carboxylic acids is 1. The second-order valence-electron chi connectivity index (χ2n) is 3.49. The minimum atomic E-state index is -3.84. The molecule has 96 valence electrons. The molecule has 0 unspecified atom stereocenters. The number of hydrogen-bond donors (Lipinski definition) is 0. The van der Waals surface area contributed by atoms with Gasteiger partial charge in [0.2, 0.25) is 0 Å². The maximum atomic E-state index is 12.0. The second kappa shape index (κ2) is 5.89. The molecule has 0 atom stereocenters. The van der Waals surface area contributed by atoms with Gasteiger partial charge in [0.15, 0.2) is 0 Å². The zero-order chi connectivity index (χ0) is 13.8. The van der Waals surface area contributed by atoms with Gasteiger partial charge >= 0.3 is 0 Å². The van der Waals surface area contributed by atoms with Gasteiger partial charge in [0.1, 0.15) is 0 Å². The highest BCUT2D eigenvalue weighted by Crippen LogP contribution is 2.17. The van der Waals surface area contributed by atoms with Crippen molar-refractivity contribution in [2.75, 3.05) is 13.1 Å². The highest BCUT2D eigenvalue weighted by Gasteiger charge is 2.16. The lowest BCUT2D eigenvalue weighted by Crippen LogP contribution is -2.31. The third-order valence-corrected chi connectivity index (χ3v) is 3.67. The summed E-state index contributed by atoms with van der Waals surface area (Å²) in [6.07, 6.45) is 5.16. The lowest BCUT2D eigenvalue weighted by Gasteiger charge is -2.18. The van der Waals surface area contributed by atoms with E-state index in [1.54, 1.807) is 6.92 Å². The van der Waals surface area contributed by atoms with Gasteiger partial charge in [-0.1, -0.05) is 12.0 Å². The predicted octanol–water partition coefficient (Wildman–Crippen LogP) is 1.71. The molecule has 4 nitrogen and oxygen atoms in total. The van der Waals surface area contributed by atoms with Gasteiger partial charge in [-0.15, -0.1) is 6.42 Å². The molecule has 1 aromatic carbocycles. The first-order valence-corrected chi connectivity index (χ1v) is 7.48. The molecule has 6 heteroatoms. The van der Waals surface area contributed by atoms with Crippen molar-refractivity contribution in [1.82, 2.24) is 4.90 Å². The molecule has 0 saturated heterocycles. The molecule has 0 N–H and O–H groups in total. The number of terminal acetylenes is 1. The summed E-state index contributed by atoms with van der Waals surface area (Å²) in [5.74, 6) is 2.05. The monoisotopic (exact) mass is 285 g/mol. The summed E-state index contributed by atoms with van der Waals surface area (Å²) in [4.78, 5) is 13.4. The van der Waals surface area contributed by atoms with Gasteiger partial charge in [0, 0.05) is 22.8 Å². The van der Waals surface area contributed by atoms with E-state index in [-0.39, 0.29) is 22.9 Å². The van der Waals surface area contributed by atoms with E-state index in [4.69, 9.17) is 17.1 Å². The van der Waals surface area contributed by atoms with E-state index in [0.29, 0.717) is 6.54 Å². The average molecular weight is 286 g/mol. The summed E-state index contributed by atoms with van der Waals surface area (Å²) in [6, 6.07) is 5.56. The molecule has 1 rings (SSSR count). The lowest BCUT2D eigenvalue weighted by atomic mass is 10.2. The Bertz CT molecular complexity index is 590. The molecule has 0 aliphatic rings. The number of halogens is 1. The highest BCUT2D eigenvalue weighted by molar-refractivity contribution is 8.13. The average Bonchev–Trinajstić information content (AvgIpc) is 2.34. The van der Waals surface area contributed by atoms with Crippen LogP contribution in [0, 0.1) is 12.3 Å². The normalized spacial score (nSPS) is 10.7. The first kappa shape index (κ1) is 14.6. The first-order valence-electron chi connectivity index (χ1n) is 5.17. The zero-order valence-corrected chi connectivity index (χ0v) is 11.3. The van der Waals surface area contributed by atoms with Crippen molar-refractivity contribution >= 4 is 25.6 Å². The molecule has 0 fully saturated rings. The van der Waals surface area contributed by atoms with Crippen molar-refractivity contribution in [2.45, 2.75) is 11.8 Å². The van der Waals surface area contributed by atoms with Crippen LogP contribution in [0.4, 0.5) is 0 Å². The van der Waals surface area contributed by atoms with Crippen LogP contribution >= 0.6 is 10.7 Å². The Balaban J connectivity index is 3.11. The predicted molar refractivity (Wildman–Crippen MR) is 69.9 cm³/mol. The molecule has 0 aromatic heterocycles. The van der Waals surface area contributed by atoms with Crippen molar-refractivity contribution in [3.05, 3.63) is 29.8 Å².